The molecule has 0 aliphatic carbocycles. The predicted molar refractivity (Wildman–Crippen MR) is 48.2 cm³/mol. The van der Waals surface area contributed by atoms with Gasteiger partial charge < -0.3 is 4.57 Å². The van der Waals surface area contributed by atoms with Gasteiger partial charge in [-0.05, 0) is 6.92 Å². The lowest BCUT2D eigenvalue weighted by molar-refractivity contribution is 0.770. The van der Waals surface area contributed by atoms with E-state index in [0.29, 0.717) is 0 Å². The quantitative estimate of drug-likeness (QED) is 0.702. The second-order valence-corrected chi connectivity index (χ2v) is 3.54. The minimum absolute atomic E-state index is 0.885. The third kappa shape index (κ3) is 1.38. The van der Waals surface area contributed by atoms with Gasteiger partial charge in [-0.2, -0.15) is 0 Å². The molecule has 2 aromatic heterocycles. The van der Waals surface area contributed by atoms with E-state index in [1.165, 1.54) is 4.88 Å². The Kier molecular flexibility index (Phi) is 1.91. The van der Waals surface area contributed by atoms with Crippen LogP contribution in [-0.4, -0.2) is 14.5 Å². The first kappa shape index (κ1) is 7.49. The molecule has 2 heterocycles. The van der Waals surface area contributed by atoms with Crippen LogP contribution in [0.3, 0.4) is 0 Å². The van der Waals surface area contributed by atoms with Crippen molar-refractivity contribution >= 4 is 11.3 Å². The Hall–Kier alpha value is -1.16. The molecule has 0 aliphatic rings. The van der Waals surface area contributed by atoms with Gasteiger partial charge in [-0.1, -0.05) is 0 Å². The SMILES string of the molecule is Cc1nccn1Cc1cncs1. The maximum absolute atomic E-state index is 4.14. The second kappa shape index (κ2) is 3.06. The van der Waals surface area contributed by atoms with Crippen molar-refractivity contribution in [1.29, 1.82) is 0 Å². The van der Waals surface area contributed by atoms with Crippen molar-refractivity contribution in [2.24, 2.45) is 0 Å². The Morgan fingerprint density at radius 2 is 2.50 bits per heavy atom. The molecule has 0 bridgehead atoms. The molecule has 0 aromatic carbocycles. The number of hydrogen-bond acceptors (Lipinski definition) is 3. The van der Waals surface area contributed by atoms with Crippen molar-refractivity contribution in [3.8, 4) is 0 Å². The Morgan fingerprint density at radius 1 is 1.58 bits per heavy atom. The Morgan fingerprint density at radius 3 is 3.08 bits per heavy atom. The van der Waals surface area contributed by atoms with Crippen molar-refractivity contribution in [2.45, 2.75) is 13.5 Å². The molecule has 12 heavy (non-hydrogen) atoms. The number of rotatable bonds is 2. The summed E-state index contributed by atoms with van der Waals surface area (Å²) in [5.41, 5.74) is 1.85. The van der Waals surface area contributed by atoms with Gasteiger partial charge in [-0.3, -0.25) is 4.98 Å². The van der Waals surface area contributed by atoms with E-state index >= 15 is 0 Å². The van der Waals surface area contributed by atoms with E-state index in [1.807, 2.05) is 31.0 Å². The molecule has 0 aliphatic heterocycles. The maximum Gasteiger partial charge on any atom is 0.105 e. The van der Waals surface area contributed by atoms with E-state index in [-0.39, 0.29) is 0 Å². The van der Waals surface area contributed by atoms with E-state index in [0.717, 1.165) is 12.4 Å². The van der Waals surface area contributed by atoms with Crippen molar-refractivity contribution in [2.75, 3.05) is 0 Å². The van der Waals surface area contributed by atoms with Crippen molar-refractivity contribution in [3.63, 3.8) is 0 Å². The van der Waals surface area contributed by atoms with Crippen LogP contribution in [0.2, 0.25) is 0 Å². The van der Waals surface area contributed by atoms with Crippen LogP contribution in [0.15, 0.2) is 24.1 Å². The van der Waals surface area contributed by atoms with E-state index in [9.17, 15) is 0 Å². The average Bonchev–Trinajstić information content (AvgIpc) is 2.65. The standard InChI is InChI=1S/C8H9N3S/c1-7-10-2-3-11(7)5-8-4-9-6-12-8/h2-4,6H,5H2,1H3. The monoisotopic (exact) mass is 179 g/mol. The molecule has 0 radical (unpaired) electrons. The number of aromatic nitrogens is 3. The van der Waals surface area contributed by atoms with E-state index in [4.69, 9.17) is 0 Å². The van der Waals surface area contributed by atoms with E-state index in [1.54, 1.807) is 11.3 Å². The fourth-order valence-corrected chi connectivity index (χ4v) is 1.65. The van der Waals surface area contributed by atoms with Crippen molar-refractivity contribution in [3.05, 3.63) is 34.8 Å². The molecular formula is C8H9N3S. The first-order chi connectivity index (χ1) is 5.86. The highest BCUT2D eigenvalue weighted by molar-refractivity contribution is 7.09. The summed E-state index contributed by atoms with van der Waals surface area (Å²) in [7, 11) is 0. The summed E-state index contributed by atoms with van der Waals surface area (Å²) in [4.78, 5) is 9.42. The van der Waals surface area contributed by atoms with Crippen molar-refractivity contribution in [1.82, 2.24) is 14.5 Å². The zero-order chi connectivity index (χ0) is 8.39. The molecule has 0 amide bonds. The number of thiazole rings is 1. The highest BCUT2D eigenvalue weighted by Crippen LogP contribution is 2.08. The molecule has 2 rings (SSSR count). The topological polar surface area (TPSA) is 30.7 Å². The van der Waals surface area contributed by atoms with Gasteiger partial charge in [-0.25, -0.2) is 4.98 Å². The normalized spacial score (nSPS) is 10.4. The lowest BCUT2D eigenvalue weighted by atomic mass is 10.5. The molecule has 3 nitrogen and oxygen atoms in total. The van der Waals surface area contributed by atoms with Gasteiger partial charge in [0.25, 0.3) is 0 Å². The van der Waals surface area contributed by atoms with Gasteiger partial charge in [0.05, 0.1) is 12.1 Å². The van der Waals surface area contributed by atoms with Gasteiger partial charge in [0.2, 0.25) is 0 Å². The Balaban J connectivity index is 2.20. The van der Waals surface area contributed by atoms with Crippen LogP contribution >= 0.6 is 11.3 Å². The van der Waals surface area contributed by atoms with Gasteiger partial charge >= 0.3 is 0 Å². The van der Waals surface area contributed by atoms with Crippen LogP contribution in [0.4, 0.5) is 0 Å². The predicted octanol–water partition coefficient (Wildman–Crippen LogP) is 1.70. The summed E-state index contributed by atoms with van der Waals surface area (Å²) in [6.45, 7) is 2.89. The molecule has 0 saturated heterocycles. The molecule has 0 spiro atoms. The minimum atomic E-state index is 0.885. The molecule has 0 fully saturated rings. The maximum atomic E-state index is 4.14. The fourth-order valence-electron chi connectivity index (χ4n) is 1.06. The first-order valence-electron chi connectivity index (χ1n) is 3.71. The summed E-state index contributed by atoms with van der Waals surface area (Å²) in [6.07, 6.45) is 5.69. The van der Waals surface area contributed by atoms with Gasteiger partial charge in [0.15, 0.2) is 0 Å². The smallest absolute Gasteiger partial charge is 0.105 e. The van der Waals surface area contributed by atoms with Gasteiger partial charge in [-0.15, -0.1) is 11.3 Å². The molecule has 4 heteroatoms. The number of imidazole rings is 1. The molecule has 0 saturated carbocycles. The average molecular weight is 179 g/mol. The largest absolute Gasteiger partial charge is 0.330 e. The minimum Gasteiger partial charge on any atom is -0.330 e. The van der Waals surface area contributed by atoms with E-state index in [2.05, 4.69) is 14.5 Å². The molecule has 0 N–H and O–H groups in total. The zero-order valence-electron chi connectivity index (χ0n) is 6.77. The van der Waals surface area contributed by atoms with Crippen molar-refractivity contribution < 1.29 is 0 Å². The summed E-state index contributed by atoms with van der Waals surface area (Å²) in [5.74, 6) is 1.04. The van der Waals surface area contributed by atoms with E-state index < -0.39 is 0 Å². The Bertz CT molecular complexity index is 350. The third-order valence-electron chi connectivity index (χ3n) is 1.73. The number of nitrogens with zero attached hydrogens (tertiary/aromatic N) is 3. The van der Waals surface area contributed by atoms with Crippen LogP contribution in [0, 0.1) is 6.92 Å². The number of hydrogen-bond donors (Lipinski definition) is 0. The number of aryl methyl sites for hydroxylation is 1. The van der Waals surface area contributed by atoms with Gasteiger partial charge in [0.1, 0.15) is 5.82 Å². The Labute approximate surface area is 74.7 Å². The first-order valence-corrected chi connectivity index (χ1v) is 4.59. The summed E-state index contributed by atoms with van der Waals surface area (Å²) >= 11 is 1.67. The summed E-state index contributed by atoms with van der Waals surface area (Å²) < 4.78 is 2.10. The van der Waals surface area contributed by atoms with Crippen LogP contribution in [-0.2, 0) is 6.54 Å². The molecule has 0 atom stereocenters. The fraction of sp³-hybridized carbons (Fsp3) is 0.250. The van der Waals surface area contributed by atoms with Crippen LogP contribution in [0.1, 0.15) is 10.7 Å². The lowest BCUT2D eigenvalue weighted by Gasteiger charge is -2.00. The lowest BCUT2D eigenvalue weighted by Crippen LogP contribution is -1.98. The summed E-state index contributed by atoms with van der Waals surface area (Å²) in [6, 6.07) is 0. The molecule has 62 valence electrons. The van der Waals surface area contributed by atoms with Crippen LogP contribution < -0.4 is 0 Å². The molecular weight excluding hydrogens is 170 g/mol. The highest BCUT2D eigenvalue weighted by Gasteiger charge is 1.98. The highest BCUT2D eigenvalue weighted by atomic mass is 32.1. The molecule has 2 aromatic rings. The van der Waals surface area contributed by atoms with Crippen LogP contribution in [0.25, 0.3) is 0 Å². The second-order valence-electron chi connectivity index (χ2n) is 2.57. The zero-order valence-corrected chi connectivity index (χ0v) is 7.58. The van der Waals surface area contributed by atoms with Crippen LogP contribution in [0.5, 0.6) is 0 Å². The van der Waals surface area contributed by atoms with Gasteiger partial charge in [0, 0.05) is 23.5 Å². The summed E-state index contributed by atoms with van der Waals surface area (Å²) in [5, 5.41) is 0. The third-order valence-corrected chi connectivity index (χ3v) is 2.50. The molecule has 0 unspecified atom stereocenters.